The van der Waals surface area contributed by atoms with Crippen LogP contribution in [0.1, 0.15) is 18.9 Å². The van der Waals surface area contributed by atoms with E-state index < -0.39 is 5.82 Å². The molecule has 92 valence electrons. The first kappa shape index (κ1) is 12.0. The number of hydrogen-bond acceptors (Lipinski definition) is 2. The van der Waals surface area contributed by atoms with Crippen LogP contribution in [0, 0.1) is 11.6 Å². The maximum absolute atomic E-state index is 13.8. The second-order valence-electron chi connectivity index (χ2n) is 4.12. The molecule has 2 rings (SSSR count). The van der Waals surface area contributed by atoms with Crippen molar-refractivity contribution in [1.29, 1.82) is 0 Å². The SMILES string of the molecule is CCC(Cc1cc2occ(F)c2cc1F)NC. The van der Waals surface area contributed by atoms with Gasteiger partial charge in [-0.2, -0.15) is 0 Å². The molecule has 4 heteroatoms. The van der Waals surface area contributed by atoms with Gasteiger partial charge in [-0.15, -0.1) is 0 Å². The Morgan fingerprint density at radius 3 is 2.71 bits per heavy atom. The van der Waals surface area contributed by atoms with Crippen LogP contribution in [0.2, 0.25) is 0 Å². The van der Waals surface area contributed by atoms with Crippen LogP contribution in [0.5, 0.6) is 0 Å². The van der Waals surface area contributed by atoms with Crippen LogP contribution < -0.4 is 5.32 Å². The Balaban J connectivity index is 2.37. The van der Waals surface area contributed by atoms with Gasteiger partial charge in [0.15, 0.2) is 5.82 Å². The van der Waals surface area contributed by atoms with Gasteiger partial charge < -0.3 is 9.73 Å². The van der Waals surface area contributed by atoms with Crippen LogP contribution in [0.15, 0.2) is 22.8 Å². The van der Waals surface area contributed by atoms with Crippen LogP contribution in [-0.4, -0.2) is 13.1 Å². The summed E-state index contributed by atoms with van der Waals surface area (Å²) in [6, 6.07) is 2.99. The third kappa shape index (κ3) is 2.31. The van der Waals surface area contributed by atoms with Crippen molar-refractivity contribution in [3.8, 4) is 0 Å². The molecule has 0 saturated carbocycles. The van der Waals surface area contributed by atoms with Gasteiger partial charge in [-0.25, -0.2) is 8.78 Å². The van der Waals surface area contributed by atoms with Crippen LogP contribution in [0.4, 0.5) is 8.78 Å². The Morgan fingerprint density at radius 2 is 2.06 bits per heavy atom. The maximum atomic E-state index is 13.8. The molecule has 0 spiro atoms. The van der Waals surface area contributed by atoms with Crippen LogP contribution in [0.25, 0.3) is 11.0 Å². The smallest absolute Gasteiger partial charge is 0.169 e. The lowest BCUT2D eigenvalue weighted by Crippen LogP contribution is -2.26. The second kappa shape index (κ2) is 4.84. The van der Waals surface area contributed by atoms with E-state index in [0.717, 1.165) is 12.7 Å². The number of likely N-dealkylation sites (N-methyl/N-ethyl adjacent to an activating group) is 1. The molecule has 17 heavy (non-hydrogen) atoms. The molecule has 0 amide bonds. The molecule has 1 unspecified atom stereocenters. The Morgan fingerprint density at radius 1 is 1.29 bits per heavy atom. The molecule has 0 aliphatic heterocycles. The molecular formula is C13H15F2NO. The van der Waals surface area contributed by atoms with Crippen molar-refractivity contribution in [3.05, 3.63) is 35.6 Å². The van der Waals surface area contributed by atoms with Gasteiger partial charge in [-0.05, 0) is 37.6 Å². The van der Waals surface area contributed by atoms with E-state index in [2.05, 4.69) is 5.32 Å². The molecule has 0 fully saturated rings. The fraction of sp³-hybridized carbons (Fsp3) is 0.385. The van der Waals surface area contributed by atoms with Crippen molar-refractivity contribution in [2.45, 2.75) is 25.8 Å². The van der Waals surface area contributed by atoms with Crippen molar-refractivity contribution in [3.63, 3.8) is 0 Å². The Labute approximate surface area is 98.6 Å². The summed E-state index contributed by atoms with van der Waals surface area (Å²) in [7, 11) is 1.84. The molecule has 2 aromatic rings. The summed E-state index contributed by atoms with van der Waals surface area (Å²) in [5.41, 5.74) is 0.943. The van der Waals surface area contributed by atoms with Gasteiger partial charge in [-0.3, -0.25) is 0 Å². The predicted octanol–water partition coefficient (Wildman–Crippen LogP) is 3.25. The highest BCUT2D eigenvalue weighted by atomic mass is 19.1. The average Bonchev–Trinajstić information content (AvgIpc) is 2.68. The van der Waals surface area contributed by atoms with E-state index in [0.29, 0.717) is 17.6 Å². The lowest BCUT2D eigenvalue weighted by Gasteiger charge is -2.14. The predicted molar refractivity (Wildman–Crippen MR) is 63.0 cm³/mol. The van der Waals surface area contributed by atoms with Crippen molar-refractivity contribution >= 4 is 11.0 Å². The molecule has 0 radical (unpaired) electrons. The molecule has 1 aromatic heterocycles. The van der Waals surface area contributed by atoms with Gasteiger partial charge >= 0.3 is 0 Å². The first-order valence-electron chi connectivity index (χ1n) is 5.68. The van der Waals surface area contributed by atoms with Gasteiger partial charge in [0, 0.05) is 6.04 Å². The first-order chi connectivity index (χ1) is 8.15. The third-order valence-electron chi connectivity index (χ3n) is 3.06. The van der Waals surface area contributed by atoms with E-state index in [9.17, 15) is 8.78 Å². The number of nitrogens with one attached hydrogen (secondary N) is 1. The monoisotopic (exact) mass is 239 g/mol. The van der Waals surface area contributed by atoms with Crippen molar-refractivity contribution in [2.24, 2.45) is 0 Å². The fourth-order valence-electron chi connectivity index (χ4n) is 1.93. The average molecular weight is 239 g/mol. The van der Waals surface area contributed by atoms with Crippen molar-refractivity contribution in [2.75, 3.05) is 7.05 Å². The summed E-state index contributed by atoms with van der Waals surface area (Å²) in [6.45, 7) is 2.03. The minimum atomic E-state index is -0.522. The van der Waals surface area contributed by atoms with E-state index in [1.165, 1.54) is 6.07 Å². The van der Waals surface area contributed by atoms with E-state index in [4.69, 9.17) is 4.42 Å². The lowest BCUT2D eigenvalue weighted by molar-refractivity contribution is 0.522. The molecule has 1 atom stereocenters. The summed E-state index contributed by atoms with van der Waals surface area (Å²) in [4.78, 5) is 0. The van der Waals surface area contributed by atoms with Crippen molar-refractivity contribution in [1.82, 2.24) is 5.32 Å². The number of fused-ring (bicyclic) bond motifs is 1. The highest BCUT2D eigenvalue weighted by Crippen LogP contribution is 2.24. The van der Waals surface area contributed by atoms with Crippen LogP contribution in [0.3, 0.4) is 0 Å². The van der Waals surface area contributed by atoms with E-state index in [1.54, 1.807) is 6.07 Å². The number of rotatable bonds is 4. The summed E-state index contributed by atoms with van der Waals surface area (Å²) < 4.78 is 32.0. The van der Waals surface area contributed by atoms with E-state index in [1.807, 2.05) is 14.0 Å². The molecule has 0 aliphatic rings. The normalized spacial score (nSPS) is 13.2. The van der Waals surface area contributed by atoms with Gasteiger partial charge in [-0.1, -0.05) is 6.92 Å². The number of hydrogen-bond donors (Lipinski definition) is 1. The summed E-state index contributed by atoms with van der Waals surface area (Å²) >= 11 is 0. The topological polar surface area (TPSA) is 25.2 Å². The summed E-state index contributed by atoms with van der Waals surface area (Å²) in [5, 5.41) is 3.31. The highest BCUT2D eigenvalue weighted by Gasteiger charge is 2.13. The molecule has 1 aromatic carbocycles. The van der Waals surface area contributed by atoms with Crippen LogP contribution >= 0.6 is 0 Å². The Bertz CT molecular complexity index is 517. The Hall–Kier alpha value is -1.42. The molecule has 1 N–H and O–H groups in total. The zero-order valence-electron chi connectivity index (χ0n) is 9.89. The van der Waals surface area contributed by atoms with Gasteiger partial charge in [0.05, 0.1) is 5.39 Å². The second-order valence-corrected chi connectivity index (χ2v) is 4.12. The number of furan rings is 1. The summed E-state index contributed by atoms with van der Waals surface area (Å²) in [5.74, 6) is -0.905. The zero-order valence-corrected chi connectivity index (χ0v) is 9.89. The van der Waals surface area contributed by atoms with E-state index >= 15 is 0 Å². The minimum Gasteiger partial charge on any atom is -0.461 e. The summed E-state index contributed by atoms with van der Waals surface area (Å²) in [6.07, 6.45) is 2.47. The molecule has 1 heterocycles. The standard InChI is InChI=1S/C13H15F2NO/c1-3-9(16-2)4-8-5-13-10(6-11(8)14)12(15)7-17-13/h5-7,9,16H,3-4H2,1-2H3. The van der Waals surface area contributed by atoms with Crippen molar-refractivity contribution < 1.29 is 13.2 Å². The van der Waals surface area contributed by atoms with E-state index in [-0.39, 0.29) is 17.2 Å². The quantitative estimate of drug-likeness (QED) is 0.886. The highest BCUT2D eigenvalue weighted by molar-refractivity contribution is 5.78. The molecular weight excluding hydrogens is 224 g/mol. The number of benzene rings is 1. The maximum Gasteiger partial charge on any atom is 0.169 e. The Kier molecular flexibility index (Phi) is 3.43. The third-order valence-corrected chi connectivity index (χ3v) is 3.06. The van der Waals surface area contributed by atoms with Crippen LogP contribution in [-0.2, 0) is 6.42 Å². The molecule has 0 bridgehead atoms. The molecule has 0 saturated heterocycles. The fourth-order valence-corrected chi connectivity index (χ4v) is 1.93. The number of halogens is 2. The minimum absolute atomic E-state index is 0.198. The van der Waals surface area contributed by atoms with Gasteiger partial charge in [0.1, 0.15) is 17.7 Å². The van der Waals surface area contributed by atoms with Gasteiger partial charge in [0.2, 0.25) is 0 Å². The first-order valence-corrected chi connectivity index (χ1v) is 5.68. The molecule has 0 aliphatic carbocycles. The zero-order chi connectivity index (χ0) is 12.4. The molecule has 2 nitrogen and oxygen atoms in total. The largest absolute Gasteiger partial charge is 0.461 e. The lowest BCUT2D eigenvalue weighted by atomic mass is 10.0. The van der Waals surface area contributed by atoms with Gasteiger partial charge in [0.25, 0.3) is 0 Å².